The number of nitrogens with one attached hydrogen (secondary N) is 1. The largest absolute Gasteiger partial charge is 0.573 e. The predicted molar refractivity (Wildman–Crippen MR) is 94.8 cm³/mol. The molecule has 0 radical (unpaired) electrons. The summed E-state index contributed by atoms with van der Waals surface area (Å²) in [4.78, 5) is 3.49. The number of ether oxygens (including phenoxy) is 1. The Morgan fingerprint density at radius 3 is 2.46 bits per heavy atom. The van der Waals surface area contributed by atoms with Gasteiger partial charge in [-0.25, -0.2) is 18.1 Å². The molecule has 11 heteroatoms. The van der Waals surface area contributed by atoms with E-state index in [0.717, 1.165) is 12.1 Å². The molecular weight excluding hydrogens is 397 g/mol. The summed E-state index contributed by atoms with van der Waals surface area (Å²) in [5.74, 6) is -0.648. The number of hydrogen-bond acceptors (Lipinski definition) is 5. The lowest BCUT2D eigenvalue weighted by atomic mass is 10.3. The number of nitrogens with zero attached hydrogens (tertiary/aromatic N) is 3. The molecule has 0 spiro atoms. The molecule has 0 fully saturated rings. The molecule has 2 aromatic heterocycles. The van der Waals surface area contributed by atoms with Crippen molar-refractivity contribution < 1.29 is 26.3 Å². The molecule has 0 aliphatic carbocycles. The molecular formula is C17H15F3N4O3S. The number of para-hydroxylation sites is 1. The van der Waals surface area contributed by atoms with E-state index in [2.05, 4.69) is 19.5 Å². The van der Waals surface area contributed by atoms with Gasteiger partial charge in [0.2, 0.25) is 0 Å². The lowest BCUT2D eigenvalue weighted by Crippen LogP contribution is -2.21. The second-order valence-corrected chi connectivity index (χ2v) is 7.46. The normalized spacial score (nSPS) is 12.0. The number of aromatic nitrogens is 3. The minimum absolute atomic E-state index is 0.0514. The van der Waals surface area contributed by atoms with Crippen molar-refractivity contribution in [3.8, 4) is 11.6 Å². The zero-order chi connectivity index (χ0) is 20.5. The van der Waals surface area contributed by atoms with Crippen molar-refractivity contribution in [1.29, 1.82) is 0 Å². The fourth-order valence-corrected chi connectivity index (χ4v) is 3.76. The van der Waals surface area contributed by atoms with Gasteiger partial charge in [0.05, 0.1) is 11.4 Å². The first-order valence-electron chi connectivity index (χ1n) is 7.93. The Hall–Kier alpha value is -3.08. The summed E-state index contributed by atoms with van der Waals surface area (Å²) < 4.78 is 70.9. The molecule has 3 aromatic rings. The molecule has 0 aliphatic heterocycles. The van der Waals surface area contributed by atoms with Crippen LogP contribution in [0, 0.1) is 13.8 Å². The number of hydrogen-bond donors (Lipinski definition) is 1. The third-order valence-corrected chi connectivity index (χ3v) is 5.01. The third-order valence-electron chi connectivity index (χ3n) is 3.61. The third kappa shape index (κ3) is 4.25. The van der Waals surface area contributed by atoms with Crippen molar-refractivity contribution >= 4 is 15.7 Å². The standard InChI is InChI=1S/C17H15F3N4O3S/c1-11-10-12(2)24(22-11)16-13(6-5-9-21-16)23-28(25,26)15-8-4-3-7-14(15)27-17(18,19)20/h3-10,23H,1-2H3. The number of aryl methyl sites for hydroxylation is 2. The molecule has 0 aliphatic rings. The minimum Gasteiger partial charge on any atom is -0.404 e. The highest BCUT2D eigenvalue weighted by atomic mass is 32.2. The van der Waals surface area contributed by atoms with Gasteiger partial charge in [-0.3, -0.25) is 4.72 Å². The first-order valence-corrected chi connectivity index (χ1v) is 9.41. The summed E-state index contributed by atoms with van der Waals surface area (Å²) >= 11 is 0. The maximum Gasteiger partial charge on any atom is 0.573 e. The number of rotatable bonds is 5. The molecule has 0 saturated heterocycles. The number of pyridine rings is 1. The average molecular weight is 412 g/mol. The van der Waals surface area contributed by atoms with Crippen molar-refractivity contribution in [3.63, 3.8) is 0 Å². The molecule has 28 heavy (non-hydrogen) atoms. The van der Waals surface area contributed by atoms with E-state index in [0.29, 0.717) is 11.4 Å². The summed E-state index contributed by atoms with van der Waals surface area (Å²) in [6, 6.07) is 9.18. The first-order chi connectivity index (χ1) is 13.1. The van der Waals surface area contributed by atoms with E-state index in [1.165, 1.54) is 35.1 Å². The second-order valence-electron chi connectivity index (χ2n) is 5.81. The lowest BCUT2D eigenvalue weighted by molar-refractivity contribution is -0.275. The van der Waals surface area contributed by atoms with Crippen LogP contribution < -0.4 is 9.46 Å². The highest BCUT2D eigenvalue weighted by molar-refractivity contribution is 7.92. The number of halogens is 3. The summed E-state index contributed by atoms with van der Waals surface area (Å²) in [6.07, 6.45) is -3.58. The van der Waals surface area contributed by atoms with Gasteiger partial charge in [0.15, 0.2) is 5.82 Å². The van der Waals surface area contributed by atoms with Gasteiger partial charge in [-0.05, 0) is 44.2 Å². The van der Waals surface area contributed by atoms with Gasteiger partial charge < -0.3 is 4.74 Å². The van der Waals surface area contributed by atoms with Crippen LogP contribution in [0.3, 0.4) is 0 Å². The Morgan fingerprint density at radius 2 is 1.82 bits per heavy atom. The van der Waals surface area contributed by atoms with Crippen molar-refractivity contribution in [2.24, 2.45) is 0 Å². The van der Waals surface area contributed by atoms with Crippen LogP contribution in [0.5, 0.6) is 5.75 Å². The second kappa shape index (κ2) is 7.15. The van der Waals surface area contributed by atoms with Crippen LogP contribution in [-0.4, -0.2) is 29.5 Å². The summed E-state index contributed by atoms with van der Waals surface area (Å²) in [6.45, 7) is 3.53. The monoisotopic (exact) mass is 412 g/mol. The first kappa shape index (κ1) is 19.7. The van der Waals surface area contributed by atoms with E-state index in [1.54, 1.807) is 19.9 Å². The quantitative estimate of drug-likeness (QED) is 0.692. The number of sulfonamides is 1. The van der Waals surface area contributed by atoms with E-state index in [9.17, 15) is 21.6 Å². The fourth-order valence-electron chi connectivity index (χ4n) is 2.57. The molecule has 0 unspecified atom stereocenters. The Morgan fingerprint density at radius 1 is 1.11 bits per heavy atom. The maximum absolute atomic E-state index is 12.8. The topological polar surface area (TPSA) is 86.1 Å². The highest BCUT2D eigenvalue weighted by Gasteiger charge is 2.34. The van der Waals surface area contributed by atoms with Gasteiger partial charge in [0, 0.05) is 11.9 Å². The van der Waals surface area contributed by atoms with Crippen LogP contribution in [-0.2, 0) is 10.0 Å². The van der Waals surface area contributed by atoms with E-state index < -0.39 is 27.0 Å². The Labute approximate surface area is 158 Å². The molecule has 7 nitrogen and oxygen atoms in total. The SMILES string of the molecule is Cc1cc(C)n(-c2ncccc2NS(=O)(=O)c2ccccc2OC(F)(F)F)n1. The van der Waals surface area contributed by atoms with Gasteiger partial charge in [-0.15, -0.1) is 13.2 Å². The summed E-state index contributed by atoms with van der Waals surface area (Å²) in [7, 11) is -4.41. The highest BCUT2D eigenvalue weighted by Crippen LogP contribution is 2.31. The lowest BCUT2D eigenvalue weighted by Gasteiger charge is -2.16. The molecule has 0 bridgehead atoms. The van der Waals surface area contributed by atoms with E-state index >= 15 is 0 Å². The van der Waals surface area contributed by atoms with Crippen molar-refractivity contribution in [3.05, 3.63) is 60.0 Å². The van der Waals surface area contributed by atoms with Crippen molar-refractivity contribution in [1.82, 2.24) is 14.8 Å². The predicted octanol–water partition coefficient (Wildman–Crippen LogP) is 3.58. The van der Waals surface area contributed by atoms with Crippen molar-refractivity contribution in [2.45, 2.75) is 25.1 Å². The van der Waals surface area contributed by atoms with Gasteiger partial charge in [0.1, 0.15) is 10.6 Å². The Bertz CT molecular complexity index is 1110. The molecule has 0 atom stereocenters. The molecule has 148 valence electrons. The van der Waals surface area contributed by atoms with Crippen molar-refractivity contribution in [2.75, 3.05) is 4.72 Å². The zero-order valence-corrected chi connectivity index (χ0v) is 15.5. The molecule has 3 rings (SSSR count). The van der Waals surface area contributed by atoms with Crippen LogP contribution in [0.4, 0.5) is 18.9 Å². The van der Waals surface area contributed by atoms with Crippen LogP contribution in [0.15, 0.2) is 53.6 Å². The smallest absolute Gasteiger partial charge is 0.404 e. The van der Waals surface area contributed by atoms with Gasteiger partial charge >= 0.3 is 6.36 Å². The van der Waals surface area contributed by atoms with Crippen LogP contribution in [0.2, 0.25) is 0 Å². The van der Waals surface area contributed by atoms with Crippen LogP contribution in [0.25, 0.3) is 5.82 Å². The van der Waals surface area contributed by atoms with Gasteiger partial charge in [0.25, 0.3) is 10.0 Å². The van der Waals surface area contributed by atoms with Crippen LogP contribution >= 0.6 is 0 Å². The average Bonchev–Trinajstić information content (AvgIpc) is 2.92. The Kier molecular flexibility index (Phi) is 5.02. The summed E-state index contributed by atoms with van der Waals surface area (Å²) in [5, 5.41) is 4.26. The van der Waals surface area contributed by atoms with Gasteiger partial charge in [-0.2, -0.15) is 5.10 Å². The molecule has 1 N–H and O–H groups in total. The maximum atomic E-state index is 12.8. The number of alkyl halides is 3. The zero-order valence-electron chi connectivity index (χ0n) is 14.7. The fraction of sp³-hybridized carbons (Fsp3) is 0.176. The molecule has 0 saturated carbocycles. The molecule has 1 aromatic carbocycles. The van der Waals surface area contributed by atoms with E-state index in [-0.39, 0.29) is 11.5 Å². The number of benzene rings is 1. The van der Waals surface area contributed by atoms with Gasteiger partial charge in [-0.1, -0.05) is 12.1 Å². The van der Waals surface area contributed by atoms with E-state index in [1.807, 2.05) is 0 Å². The molecule has 0 amide bonds. The van der Waals surface area contributed by atoms with E-state index in [4.69, 9.17) is 0 Å². The minimum atomic E-state index is -5.03. The summed E-state index contributed by atoms with van der Waals surface area (Å²) in [5.41, 5.74) is 1.45. The van der Waals surface area contributed by atoms with Crippen LogP contribution in [0.1, 0.15) is 11.4 Å². The Balaban J connectivity index is 2.03. The molecule has 2 heterocycles. The number of anilines is 1.